The Labute approximate surface area is 108 Å². The predicted molar refractivity (Wildman–Crippen MR) is 65.0 cm³/mol. The van der Waals surface area contributed by atoms with Crippen molar-refractivity contribution in [2.75, 3.05) is 11.9 Å². The number of urea groups is 1. The molecule has 106 valence electrons. The zero-order valence-corrected chi connectivity index (χ0v) is 10.5. The third-order valence-electron chi connectivity index (χ3n) is 2.02. The number of hydrogen-bond acceptors (Lipinski definition) is 2. The number of amides is 2. The van der Waals surface area contributed by atoms with E-state index in [-0.39, 0.29) is 5.75 Å². The second kappa shape index (κ2) is 6.31. The Morgan fingerprint density at radius 1 is 1.26 bits per heavy atom. The van der Waals surface area contributed by atoms with Crippen LogP contribution in [0.15, 0.2) is 24.3 Å². The molecule has 0 aliphatic heterocycles. The average Bonchev–Trinajstić information content (AvgIpc) is 2.27. The molecule has 0 atom stereocenters. The first-order valence-electron chi connectivity index (χ1n) is 5.67. The highest BCUT2D eigenvalue weighted by Gasteiger charge is 2.30. The molecule has 4 nitrogen and oxygen atoms in total. The molecule has 1 aromatic rings. The first-order chi connectivity index (χ1) is 8.76. The minimum Gasteiger partial charge on any atom is -0.406 e. The summed E-state index contributed by atoms with van der Waals surface area (Å²) in [5.41, 5.74) is 0.385. The molecule has 0 saturated heterocycles. The van der Waals surface area contributed by atoms with Crippen LogP contribution in [0.1, 0.15) is 13.8 Å². The summed E-state index contributed by atoms with van der Waals surface area (Å²) in [5.74, 6) is -0.0195. The minimum atomic E-state index is -4.72. The van der Waals surface area contributed by atoms with Gasteiger partial charge in [0.2, 0.25) is 0 Å². The fourth-order valence-corrected chi connectivity index (χ4v) is 1.21. The van der Waals surface area contributed by atoms with Gasteiger partial charge < -0.3 is 15.4 Å². The first-order valence-corrected chi connectivity index (χ1v) is 5.67. The number of alkyl halides is 3. The SMILES string of the molecule is CC(C)CNC(=O)Nc1ccc(OC(F)(F)F)cc1. The smallest absolute Gasteiger partial charge is 0.406 e. The van der Waals surface area contributed by atoms with E-state index in [9.17, 15) is 18.0 Å². The van der Waals surface area contributed by atoms with Crippen molar-refractivity contribution in [2.45, 2.75) is 20.2 Å². The van der Waals surface area contributed by atoms with Crippen LogP contribution >= 0.6 is 0 Å². The van der Waals surface area contributed by atoms with Crippen molar-refractivity contribution in [2.24, 2.45) is 5.92 Å². The van der Waals surface area contributed by atoms with Crippen LogP contribution in [0.25, 0.3) is 0 Å². The summed E-state index contributed by atoms with van der Waals surface area (Å²) in [6.45, 7) is 4.41. The summed E-state index contributed by atoms with van der Waals surface area (Å²) >= 11 is 0. The van der Waals surface area contributed by atoms with Crippen LogP contribution in [-0.2, 0) is 0 Å². The lowest BCUT2D eigenvalue weighted by atomic mass is 10.2. The van der Waals surface area contributed by atoms with Crippen molar-refractivity contribution in [1.82, 2.24) is 5.32 Å². The number of halogens is 3. The number of ether oxygens (including phenoxy) is 1. The molecule has 0 unspecified atom stereocenters. The predicted octanol–water partition coefficient (Wildman–Crippen LogP) is 3.36. The molecule has 0 aliphatic rings. The lowest BCUT2D eigenvalue weighted by Gasteiger charge is -2.11. The third-order valence-corrected chi connectivity index (χ3v) is 2.02. The molecule has 19 heavy (non-hydrogen) atoms. The highest BCUT2D eigenvalue weighted by Crippen LogP contribution is 2.23. The van der Waals surface area contributed by atoms with Gasteiger partial charge in [-0.25, -0.2) is 4.79 Å². The van der Waals surface area contributed by atoms with Gasteiger partial charge in [-0.05, 0) is 30.2 Å². The van der Waals surface area contributed by atoms with Gasteiger partial charge in [-0.15, -0.1) is 13.2 Å². The molecule has 1 rings (SSSR count). The van der Waals surface area contributed by atoms with E-state index in [1.54, 1.807) is 0 Å². The summed E-state index contributed by atoms with van der Waals surface area (Å²) in [5, 5.41) is 5.12. The molecule has 0 spiro atoms. The van der Waals surface area contributed by atoms with Gasteiger partial charge in [0, 0.05) is 12.2 Å². The molecular formula is C12H15F3N2O2. The largest absolute Gasteiger partial charge is 0.573 e. The molecule has 7 heteroatoms. The number of carbonyl (C=O) groups excluding carboxylic acids is 1. The Kier molecular flexibility index (Phi) is 5.02. The quantitative estimate of drug-likeness (QED) is 0.886. The van der Waals surface area contributed by atoms with Gasteiger partial charge in [0.15, 0.2) is 0 Å². The summed E-state index contributed by atoms with van der Waals surface area (Å²) < 4.78 is 39.5. The van der Waals surface area contributed by atoms with Gasteiger partial charge in [0.1, 0.15) is 5.75 Å². The van der Waals surface area contributed by atoms with Crippen LogP contribution in [0.2, 0.25) is 0 Å². The van der Waals surface area contributed by atoms with Crippen molar-refractivity contribution >= 4 is 11.7 Å². The van der Waals surface area contributed by atoms with E-state index < -0.39 is 12.4 Å². The lowest BCUT2D eigenvalue weighted by molar-refractivity contribution is -0.274. The van der Waals surface area contributed by atoms with Crippen molar-refractivity contribution in [3.8, 4) is 5.75 Å². The lowest BCUT2D eigenvalue weighted by Crippen LogP contribution is -2.31. The Hall–Kier alpha value is -1.92. The van der Waals surface area contributed by atoms with E-state index in [0.717, 1.165) is 12.1 Å². The van der Waals surface area contributed by atoms with Gasteiger partial charge in [0.25, 0.3) is 0 Å². The second-order valence-corrected chi connectivity index (χ2v) is 4.30. The van der Waals surface area contributed by atoms with E-state index in [0.29, 0.717) is 18.2 Å². The second-order valence-electron chi connectivity index (χ2n) is 4.30. The monoisotopic (exact) mass is 276 g/mol. The molecule has 0 radical (unpaired) electrons. The van der Waals surface area contributed by atoms with Gasteiger partial charge in [-0.1, -0.05) is 13.8 Å². The standard InChI is InChI=1S/C12H15F3N2O2/c1-8(2)7-16-11(18)17-9-3-5-10(6-4-9)19-12(13,14)15/h3-6,8H,7H2,1-2H3,(H2,16,17,18). The summed E-state index contributed by atoms with van der Waals surface area (Å²) in [6, 6.07) is 4.52. The fourth-order valence-electron chi connectivity index (χ4n) is 1.21. The molecule has 0 saturated carbocycles. The number of rotatable bonds is 4. The van der Waals surface area contributed by atoms with Crippen LogP contribution in [0, 0.1) is 5.92 Å². The number of nitrogens with one attached hydrogen (secondary N) is 2. The fraction of sp³-hybridized carbons (Fsp3) is 0.417. The first kappa shape index (κ1) is 15.1. The minimum absolute atomic E-state index is 0.313. The van der Waals surface area contributed by atoms with E-state index in [1.807, 2.05) is 13.8 Å². The highest BCUT2D eigenvalue weighted by atomic mass is 19.4. The van der Waals surface area contributed by atoms with Gasteiger partial charge in [-0.2, -0.15) is 0 Å². The molecule has 0 fully saturated rings. The Morgan fingerprint density at radius 2 is 1.84 bits per heavy atom. The van der Waals surface area contributed by atoms with E-state index >= 15 is 0 Å². The third kappa shape index (κ3) is 6.54. The molecule has 1 aromatic carbocycles. The molecule has 0 aliphatic carbocycles. The van der Waals surface area contributed by atoms with E-state index in [2.05, 4.69) is 15.4 Å². The van der Waals surface area contributed by atoms with Crippen molar-refractivity contribution in [3.05, 3.63) is 24.3 Å². The Morgan fingerprint density at radius 3 is 2.32 bits per heavy atom. The maximum Gasteiger partial charge on any atom is 0.573 e. The number of anilines is 1. The van der Waals surface area contributed by atoms with Gasteiger partial charge in [0.05, 0.1) is 0 Å². The zero-order chi connectivity index (χ0) is 14.5. The van der Waals surface area contributed by atoms with Crippen LogP contribution in [0.3, 0.4) is 0 Å². The topological polar surface area (TPSA) is 50.4 Å². The van der Waals surface area contributed by atoms with Gasteiger partial charge >= 0.3 is 12.4 Å². The summed E-state index contributed by atoms with van der Waals surface area (Å²) in [7, 11) is 0. The van der Waals surface area contributed by atoms with E-state index in [1.165, 1.54) is 12.1 Å². The van der Waals surface area contributed by atoms with Crippen LogP contribution < -0.4 is 15.4 Å². The molecule has 0 bridgehead atoms. The molecule has 2 amide bonds. The number of hydrogen-bond donors (Lipinski definition) is 2. The normalized spacial score (nSPS) is 11.3. The highest BCUT2D eigenvalue weighted by molar-refractivity contribution is 5.89. The van der Waals surface area contributed by atoms with Crippen molar-refractivity contribution < 1.29 is 22.7 Å². The maximum atomic E-state index is 11.9. The van der Waals surface area contributed by atoms with Crippen LogP contribution in [0.4, 0.5) is 23.7 Å². The molecular weight excluding hydrogens is 261 g/mol. The maximum absolute atomic E-state index is 11.9. The molecule has 0 heterocycles. The number of benzene rings is 1. The molecule has 0 aromatic heterocycles. The molecule has 2 N–H and O–H groups in total. The summed E-state index contributed by atoms with van der Waals surface area (Å²) in [6.07, 6.45) is -4.72. The zero-order valence-electron chi connectivity index (χ0n) is 10.5. The van der Waals surface area contributed by atoms with Crippen molar-refractivity contribution in [1.29, 1.82) is 0 Å². The summed E-state index contributed by atoms with van der Waals surface area (Å²) in [4.78, 5) is 11.4. The van der Waals surface area contributed by atoms with Crippen molar-refractivity contribution in [3.63, 3.8) is 0 Å². The Bertz CT molecular complexity index is 416. The average molecular weight is 276 g/mol. The van der Waals surface area contributed by atoms with Crippen LogP contribution in [0.5, 0.6) is 5.75 Å². The van der Waals surface area contributed by atoms with Gasteiger partial charge in [-0.3, -0.25) is 0 Å². The van der Waals surface area contributed by atoms with Crippen LogP contribution in [-0.4, -0.2) is 18.9 Å². The van der Waals surface area contributed by atoms with E-state index in [4.69, 9.17) is 0 Å². The Balaban J connectivity index is 2.50. The number of carbonyl (C=O) groups is 1.